The predicted molar refractivity (Wildman–Crippen MR) is 127 cm³/mol. The van der Waals surface area contributed by atoms with E-state index in [9.17, 15) is 14.0 Å². The summed E-state index contributed by atoms with van der Waals surface area (Å²) in [6.45, 7) is 12.3. The van der Waals surface area contributed by atoms with Crippen LogP contribution in [-0.2, 0) is 18.9 Å². The van der Waals surface area contributed by atoms with E-state index >= 15 is 0 Å². The Labute approximate surface area is 201 Å². The Hall–Kier alpha value is -2.64. The molecule has 2 fully saturated rings. The van der Waals surface area contributed by atoms with Gasteiger partial charge in [0.2, 0.25) is 11.8 Å². The number of carbonyl (C=O) groups is 2. The molecule has 1 aromatic carbocycles. The number of nitrogens with zero attached hydrogens (tertiary/aromatic N) is 2. The van der Waals surface area contributed by atoms with E-state index in [1.165, 1.54) is 12.1 Å². The van der Waals surface area contributed by atoms with Crippen molar-refractivity contribution in [3.8, 4) is 6.07 Å². The van der Waals surface area contributed by atoms with Gasteiger partial charge in [0.25, 0.3) is 0 Å². The van der Waals surface area contributed by atoms with Gasteiger partial charge in [-0.15, -0.1) is 0 Å². The molecule has 0 aromatic heterocycles. The number of amides is 2. The van der Waals surface area contributed by atoms with Crippen LogP contribution in [0.15, 0.2) is 18.2 Å². The third-order valence-electron chi connectivity index (χ3n) is 6.80. The first-order chi connectivity index (χ1) is 15.8. The Morgan fingerprint density at radius 3 is 2.41 bits per heavy atom. The number of nitrogens with one attached hydrogen (secondary N) is 2. The Kier molecular flexibility index (Phi) is 7.58. The molecule has 8 nitrogen and oxygen atoms in total. The number of anilines is 1. The smallest absolute Gasteiger partial charge is 0.402 e. The monoisotopic (exact) mass is 472 g/mol. The molecule has 1 aromatic rings. The summed E-state index contributed by atoms with van der Waals surface area (Å²) < 4.78 is 26.6. The van der Waals surface area contributed by atoms with Crippen LogP contribution < -0.4 is 15.5 Å². The van der Waals surface area contributed by atoms with E-state index in [2.05, 4.69) is 24.5 Å². The number of benzene rings is 1. The second-order valence-electron chi connectivity index (χ2n) is 10.4. The van der Waals surface area contributed by atoms with E-state index in [1.807, 2.05) is 33.8 Å². The summed E-state index contributed by atoms with van der Waals surface area (Å²) in [5, 5.41) is 14.5. The summed E-state index contributed by atoms with van der Waals surface area (Å²) >= 11 is 0. The van der Waals surface area contributed by atoms with Crippen LogP contribution in [0.5, 0.6) is 0 Å². The van der Waals surface area contributed by atoms with Gasteiger partial charge in [0.05, 0.1) is 41.0 Å². The minimum Gasteiger partial charge on any atom is -0.402 e. The molecule has 2 amide bonds. The van der Waals surface area contributed by atoms with Crippen molar-refractivity contribution in [1.82, 2.24) is 10.6 Å². The van der Waals surface area contributed by atoms with Gasteiger partial charge < -0.3 is 24.8 Å². The Morgan fingerprint density at radius 1 is 1.26 bits per heavy atom. The summed E-state index contributed by atoms with van der Waals surface area (Å²) in [5.41, 5.74) is -0.537. The molecule has 3 rings (SSSR count). The topological polar surface area (TPSA) is 104 Å². The Bertz CT molecular complexity index is 962. The van der Waals surface area contributed by atoms with Crippen LogP contribution >= 0.6 is 0 Å². The first-order valence-electron chi connectivity index (χ1n) is 11.7. The first kappa shape index (κ1) is 26.0. The first-order valence-corrected chi connectivity index (χ1v) is 11.7. The zero-order chi connectivity index (χ0) is 25.3. The van der Waals surface area contributed by atoms with E-state index in [4.69, 9.17) is 14.6 Å². The van der Waals surface area contributed by atoms with Gasteiger partial charge in [0.15, 0.2) is 0 Å². The third-order valence-corrected chi connectivity index (χ3v) is 6.80. The number of carbonyl (C=O) groups excluding carboxylic acids is 2. The zero-order valence-corrected chi connectivity index (χ0v) is 20.8. The van der Waals surface area contributed by atoms with Gasteiger partial charge in [-0.3, -0.25) is 9.59 Å². The second-order valence-corrected chi connectivity index (χ2v) is 10.4. The van der Waals surface area contributed by atoms with Gasteiger partial charge in [-0.1, -0.05) is 13.8 Å². The fourth-order valence-corrected chi connectivity index (χ4v) is 4.10. The van der Waals surface area contributed by atoms with Crippen LogP contribution in [0.25, 0.3) is 0 Å². The van der Waals surface area contributed by atoms with Crippen LogP contribution in [-0.4, -0.2) is 55.2 Å². The molecule has 2 N–H and O–H groups in total. The van der Waals surface area contributed by atoms with E-state index in [-0.39, 0.29) is 35.6 Å². The van der Waals surface area contributed by atoms with E-state index in [1.54, 1.807) is 4.90 Å². The van der Waals surface area contributed by atoms with Crippen molar-refractivity contribution in [2.75, 3.05) is 18.0 Å². The van der Waals surface area contributed by atoms with Gasteiger partial charge in [-0.2, -0.15) is 5.26 Å². The average molecular weight is 472 g/mol. The molecular formula is C24H34BFN4O4. The predicted octanol–water partition coefficient (Wildman–Crippen LogP) is 2.55. The molecular weight excluding hydrogens is 438 g/mol. The molecule has 0 saturated carbocycles. The number of nitriles is 1. The van der Waals surface area contributed by atoms with E-state index in [0.29, 0.717) is 25.3 Å². The molecule has 184 valence electrons. The zero-order valence-electron chi connectivity index (χ0n) is 20.8. The molecule has 0 aliphatic carbocycles. The highest BCUT2D eigenvalue weighted by Crippen LogP contribution is 2.38. The maximum atomic E-state index is 14.4. The van der Waals surface area contributed by atoms with Crippen LogP contribution in [0.3, 0.4) is 0 Å². The molecule has 10 heteroatoms. The normalized spacial score (nSPS) is 21.6. The van der Waals surface area contributed by atoms with Gasteiger partial charge >= 0.3 is 7.12 Å². The summed E-state index contributed by atoms with van der Waals surface area (Å²) in [6.07, 6.45) is 1.21. The lowest BCUT2D eigenvalue weighted by atomic mass is 9.74. The van der Waals surface area contributed by atoms with E-state index in [0.717, 1.165) is 6.07 Å². The van der Waals surface area contributed by atoms with Crippen molar-refractivity contribution >= 4 is 24.6 Å². The maximum Gasteiger partial charge on any atom is 0.481 e. The van der Waals surface area contributed by atoms with Gasteiger partial charge in [-0.05, 0) is 64.7 Å². The van der Waals surface area contributed by atoms with Crippen molar-refractivity contribution in [2.45, 2.75) is 77.6 Å². The largest absolute Gasteiger partial charge is 0.481 e. The quantitative estimate of drug-likeness (QED) is 0.564. The van der Waals surface area contributed by atoms with Crippen LogP contribution in [0.2, 0.25) is 0 Å². The molecule has 2 aliphatic rings. The van der Waals surface area contributed by atoms with Crippen molar-refractivity contribution in [3.63, 3.8) is 0 Å². The van der Waals surface area contributed by atoms with Crippen molar-refractivity contribution in [1.29, 1.82) is 5.26 Å². The Morgan fingerprint density at radius 2 is 1.91 bits per heavy atom. The molecule has 2 saturated heterocycles. The molecule has 0 spiro atoms. The molecule has 2 heterocycles. The third kappa shape index (κ3) is 5.53. The fourth-order valence-electron chi connectivity index (χ4n) is 4.10. The standard InChI is InChI=1S/C24H34BFN4O4/c1-15(2)11-20(25-33-23(3,4)24(5,6)34-25)29-21(31)14-28-22(32)19-9-10-30(19)18-8-7-16(13-27)12-17(18)26/h7-8,12,15,19-20H,9-11,14H2,1-6H3,(H,28,32)(H,29,31)/t19-,20-/m0/s1. The highest BCUT2D eigenvalue weighted by atomic mass is 19.1. The molecule has 0 bridgehead atoms. The van der Waals surface area contributed by atoms with Crippen LogP contribution in [0, 0.1) is 23.1 Å². The molecule has 0 unspecified atom stereocenters. The molecule has 34 heavy (non-hydrogen) atoms. The van der Waals surface area contributed by atoms with Crippen molar-refractivity contribution in [2.24, 2.45) is 5.92 Å². The minimum absolute atomic E-state index is 0.201. The lowest BCUT2D eigenvalue weighted by molar-refractivity contribution is -0.127. The lowest BCUT2D eigenvalue weighted by Crippen LogP contribution is -2.58. The fraction of sp³-hybridized carbons (Fsp3) is 0.625. The second kappa shape index (κ2) is 9.92. The summed E-state index contributed by atoms with van der Waals surface area (Å²) in [7, 11) is -0.589. The number of rotatable bonds is 8. The van der Waals surface area contributed by atoms with Gasteiger partial charge in [0.1, 0.15) is 11.9 Å². The highest BCUT2D eigenvalue weighted by Gasteiger charge is 2.54. The van der Waals surface area contributed by atoms with Gasteiger partial charge in [0, 0.05) is 6.54 Å². The summed E-state index contributed by atoms with van der Waals surface area (Å²) in [5.74, 6) is -1.30. The number of halogens is 1. The van der Waals surface area contributed by atoms with Crippen LogP contribution in [0.1, 0.15) is 59.9 Å². The molecule has 2 aliphatic heterocycles. The highest BCUT2D eigenvalue weighted by molar-refractivity contribution is 6.48. The van der Waals surface area contributed by atoms with E-state index < -0.39 is 30.2 Å². The summed E-state index contributed by atoms with van der Waals surface area (Å²) in [4.78, 5) is 27.0. The van der Waals surface area contributed by atoms with Crippen molar-refractivity contribution in [3.05, 3.63) is 29.6 Å². The average Bonchev–Trinajstić information content (AvgIpc) is 2.93. The number of hydrogen-bond acceptors (Lipinski definition) is 6. The van der Waals surface area contributed by atoms with Crippen molar-refractivity contribution < 1.29 is 23.3 Å². The SMILES string of the molecule is CC(C)C[C@H](NC(=O)CNC(=O)[C@@H]1CCN1c1ccc(C#N)cc1F)B1OC(C)(C)C(C)(C)O1. The molecule has 2 atom stereocenters. The minimum atomic E-state index is -0.589. The Balaban J connectivity index is 1.57. The summed E-state index contributed by atoms with van der Waals surface area (Å²) in [6, 6.07) is 5.50. The van der Waals surface area contributed by atoms with Crippen LogP contribution in [0.4, 0.5) is 10.1 Å². The molecule has 0 radical (unpaired) electrons. The van der Waals surface area contributed by atoms with Gasteiger partial charge in [-0.25, -0.2) is 4.39 Å². The lowest BCUT2D eigenvalue weighted by Gasteiger charge is -2.41. The maximum absolute atomic E-state index is 14.4. The number of hydrogen-bond donors (Lipinski definition) is 2.